The summed E-state index contributed by atoms with van der Waals surface area (Å²) in [6.45, 7) is -0.839. The van der Waals surface area contributed by atoms with Crippen molar-refractivity contribution in [2.24, 2.45) is 0 Å². The van der Waals surface area contributed by atoms with E-state index in [1.807, 2.05) is 0 Å². The lowest BCUT2D eigenvalue weighted by molar-refractivity contribution is -0.385. The Labute approximate surface area is 157 Å². The van der Waals surface area contributed by atoms with Crippen LogP contribution in [0.3, 0.4) is 0 Å². The summed E-state index contributed by atoms with van der Waals surface area (Å²) < 4.78 is 14.8. The summed E-state index contributed by atoms with van der Waals surface area (Å²) >= 11 is 0. The van der Waals surface area contributed by atoms with E-state index in [2.05, 4.69) is 0 Å². The fraction of sp³-hybridized carbons (Fsp3) is 0.176. The molecule has 0 aromatic heterocycles. The number of carbonyl (C=O) groups excluding carboxylic acids is 2. The smallest absolute Gasteiger partial charge is 0.344 e. The zero-order chi connectivity index (χ0) is 20.5. The third-order valence-corrected chi connectivity index (χ3v) is 3.30. The summed E-state index contributed by atoms with van der Waals surface area (Å²) in [6, 6.07) is 10.0. The first kappa shape index (κ1) is 20.3. The van der Waals surface area contributed by atoms with Crippen LogP contribution in [-0.4, -0.2) is 41.6 Å². The van der Waals surface area contributed by atoms with Gasteiger partial charge < -0.3 is 14.2 Å². The van der Waals surface area contributed by atoms with E-state index in [0.717, 1.165) is 0 Å². The van der Waals surface area contributed by atoms with E-state index in [9.17, 15) is 29.8 Å². The van der Waals surface area contributed by atoms with Crippen molar-refractivity contribution in [3.63, 3.8) is 0 Å². The van der Waals surface area contributed by atoms with Crippen LogP contribution in [0.2, 0.25) is 0 Å². The lowest BCUT2D eigenvalue weighted by Gasteiger charge is -2.08. The minimum absolute atomic E-state index is 0.107. The van der Waals surface area contributed by atoms with Gasteiger partial charge in [0, 0.05) is 24.3 Å². The highest BCUT2D eigenvalue weighted by Gasteiger charge is 2.11. The predicted molar refractivity (Wildman–Crippen MR) is 92.9 cm³/mol. The van der Waals surface area contributed by atoms with Gasteiger partial charge in [0.25, 0.3) is 11.4 Å². The molecule has 28 heavy (non-hydrogen) atoms. The maximum absolute atomic E-state index is 11.8. The van der Waals surface area contributed by atoms with Gasteiger partial charge >= 0.3 is 11.9 Å². The number of benzene rings is 2. The summed E-state index contributed by atoms with van der Waals surface area (Å²) in [7, 11) is 0. The first-order chi connectivity index (χ1) is 13.4. The minimum Gasteiger partial charge on any atom is -0.482 e. The number of ether oxygens (including phenoxy) is 3. The minimum atomic E-state index is -0.718. The normalized spacial score (nSPS) is 10.0. The number of hydrogen-bond acceptors (Lipinski definition) is 9. The number of hydrogen-bond donors (Lipinski definition) is 0. The van der Waals surface area contributed by atoms with Crippen molar-refractivity contribution in [1.82, 2.24) is 0 Å². The van der Waals surface area contributed by atoms with Crippen LogP contribution >= 0.6 is 0 Å². The van der Waals surface area contributed by atoms with E-state index < -0.39 is 28.4 Å². The molecule has 0 radical (unpaired) electrons. The average molecular weight is 390 g/mol. The van der Waals surface area contributed by atoms with Crippen LogP contribution in [-0.2, 0) is 14.3 Å². The van der Waals surface area contributed by atoms with Gasteiger partial charge in [-0.05, 0) is 24.3 Å². The van der Waals surface area contributed by atoms with Crippen molar-refractivity contribution in [2.75, 3.05) is 19.8 Å². The molecule has 11 heteroatoms. The van der Waals surface area contributed by atoms with Gasteiger partial charge in [-0.15, -0.1) is 0 Å². The van der Waals surface area contributed by atoms with E-state index in [-0.39, 0.29) is 35.9 Å². The highest BCUT2D eigenvalue weighted by Crippen LogP contribution is 2.17. The molecule has 0 saturated heterocycles. The number of nitro groups is 2. The van der Waals surface area contributed by atoms with Crippen molar-refractivity contribution >= 4 is 23.3 Å². The molecule has 146 valence electrons. The van der Waals surface area contributed by atoms with E-state index in [1.165, 1.54) is 48.5 Å². The SMILES string of the molecule is O=C(COc1ccc([N+](=O)[O-])cc1)OCCOC(=O)c1ccc([N+](=O)[O-])cc1. The Hall–Kier alpha value is -4.02. The summed E-state index contributed by atoms with van der Waals surface area (Å²) in [6.07, 6.45) is 0. The first-order valence-electron chi connectivity index (χ1n) is 7.81. The van der Waals surface area contributed by atoms with Crippen LogP contribution in [0.1, 0.15) is 10.4 Å². The number of nitrogens with zero attached hydrogens (tertiary/aromatic N) is 2. The molecule has 0 bridgehead atoms. The van der Waals surface area contributed by atoms with Crippen LogP contribution in [0.5, 0.6) is 5.75 Å². The second-order valence-electron chi connectivity index (χ2n) is 5.20. The molecule has 0 aliphatic carbocycles. The Balaban J connectivity index is 1.67. The maximum Gasteiger partial charge on any atom is 0.344 e. The lowest BCUT2D eigenvalue weighted by atomic mass is 10.2. The molecule has 0 fully saturated rings. The number of carbonyl (C=O) groups is 2. The lowest BCUT2D eigenvalue weighted by Crippen LogP contribution is -2.18. The zero-order valence-electron chi connectivity index (χ0n) is 14.3. The Morgan fingerprint density at radius 3 is 1.82 bits per heavy atom. The van der Waals surface area contributed by atoms with Gasteiger partial charge in [0.15, 0.2) is 6.61 Å². The average Bonchev–Trinajstić information content (AvgIpc) is 2.69. The molecule has 11 nitrogen and oxygen atoms in total. The molecule has 0 saturated carbocycles. The van der Waals surface area contributed by atoms with Crippen LogP contribution < -0.4 is 4.74 Å². The van der Waals surface area contributed by atoms with Gasteiger partial charge in [-0.1, -0.05) is 0 Å². The summed E-state index contributed by atoms with van der Waals surface area (Å²) in [5, 5.41) is 21.1. The fourth-order valence-electron chi connectivity index (χ4n) is 1.94. The van der Waals surface area contributed by atoms with Crippen molar-refractivity contribution in [2.45, 2.75) is 0 Å². The van der Waals surface area contributed by atoms with E-state index in [4.69, 9.17) is 14.2 Å². The van der Waals surface area contributed by atoms with Crippen molar-refractivity contribution in [3.05, 3.63) is 74.3 Å². The van der Waals surface area contributed by atoms with Gasteiger partial charge in [-0.25, -0.2) is 9.59 Å². The van der Waals surface area contributed by atoms with Crippen LogP contribution in [0, 0.1) is 20.2 Å². The molecular formula is C17H14N2O9. The maximum atomic E-state index is 11.8. The Morgan fingerprint density at radius 1 is 0.786 bits per heavy atom. The second-order valence-corrected chi connectivity index (χ2v) is 5.20. The van der Waals surface area contributed by atoms with E-state index in [1.54, 1.807) is 0 Å². The molecule has 2 rings (SSSR count). The summed E-state index contributed by atoms with van der Waals surface area (Å²) in [5.74, 6) is -1.18. The van der Waals surface area contributed by atoms with Gasteiger partial charge in [-0.3, -0.25) is 20.2 Å². The Morgan fingerprint density at radius 2 is 1.29 bits per heavy atom. The summed E-state index contributed by atoms with van der Waals surface area (Å²) in [4.78, 5) is 43.2. The molecule has 0 amide bonds. The molecule has 2 aromatic carbocycles. The molecule has 0 heterocycles. The third-order valence-electron chi connectivity index (χ3n) is 3.30. The Kier molecular flexibility index (Phi) is 6.97. The molecule has 0 spiro atoms. The fourth-order valence-corrected chi connectivity index (χ4v) is 1.94. The highest BCUT2D eigenvalue weighted by atomic mass is 16.6. The van der Waals surface area contributed by atoms with E-state index >= 15 is 0 Å². The number of esters is 2. The largest absolute Gasteiger partial charge is 0.482 e. The molecule has 0 atom stereocenters. The number of non-ortho nitro benzene ring substituents is 2. The molecule has 0 unspecified atom stereocenters. The van der Waals surface area contributed by atoms with Crippen molar-refractivity contribution in [1.29, 1.82) is 0 Å². The van der Waals surface area contributed by atoms with Crippen molar-refractivity contribution in [3.8, 4) is 5.75 Å². The summed E-state index contributed by atoms with van der Waals surface area (Å²) in [5.41, 5.74) is -0.137. The van der Waals surface area contributed by atoms with Crippen molar-refractivity contribution < 1.29 is 33.6 Å². The predicted octanol–water partition coefficient (Wildman–Crippen LogP) is 2.28. The monoisotopic (exact) mass is 390 g/mol. The van der Waals surface area contributed by atoms with Gasteiger partial charge in [0.05, 0.1) is 15.4 Å². The van der Waals surface area contributed by atoms with Gasteiger partial charge in [0.2, 0.25) is 0 Å². The Bertz CT molecular complexity index is 863. The number of nitro benzene ring substituents is 2. The number of rotatable bonds is 9. The van der Waals surface area contributed by atoms with Gasteiger partial charge in [0.1, 0.15) is 19.0 Å². The topological polar surface area (TPSA) is 148 Å². The van der Waals surface area contributed by atoms with Crippen LogP contribution in [0.25, 0.3) is 0 Å². The molecule has 0 aliphatic rings. The van der Waals surface area contributed by atoms with E-state index in [0.29, 0.717) is 0 Å². The first-order valence-corrected chi connectivity index (χ1v) is 7.81. The second kappa shape index (κ2) is 9.62. The van der Waals surface area contributed by atoms with Crippen LogP contribution in [0.15, 0.2) is 48.5 Å². The quantitative estimate of drug-likeness (QED) is 0.272. The third kappa shape index (κ3) is 6.05. The van der Waals surface area contributed by atoms with Gasteiger partial charge in [-0.2, -0.15) is 0 Å². The zero-order valence-corrected chi connectivity index (χ0v) is 14.3. The molecule has 0 aliphatic heterocycles. The highest BCUT2D eigenvalue weighted by molar-refractivity contribution is 5.89. The molecular weight excluding hydrogens is 376 g/mol. The van der Waals surface area contributed by atoms with Crippen LogP contribution in [0.4, 0.5) is 11.4 Å². The molecule has 0 N–H and O–H groups in total. The standard InChI is InChI=1S/C17H14N2O9/c20-16(11-28-15-7-5-14(6-8-15)19(24)25)26-9-10-27-17(21)12-1-3-13(4-2-12)18(22)23/h1-8H,9-11H2. The molecule has 2 aromatic rings.